The van der Waals surface area contributed by atoms with E-state index in [4.69, 9.17) is 0 Å². The van der Waals surface area contributed by atoms with Gasteiger partial charge >= 0.3 is 0 Å². The van der Waals surface area contributed by atoms with E-state index in [1.54, 1.807) is 19.0 Å². The Labute approximate surface area is 126 Å². The molecule has 20 heavy (non-hydrogen) atoms. The van der Waals surface area contributed by atoms with Crippen molar-refractivity contribution in [3.8, 4) is 0 Å². The van der Waals surface area contributed by atoms with Crippen LogP contribution in [0.1, 0.15) is 72.1 Å². The van der Waals surface area contributed by atoms with Gasteiger partial charge < -0.3 is 0 Å². The molecular formula is C19H31P. The fraction of sp³-hybridized carbons (Fsp3) is 0.895. The van der Waals surface area contributed by atoms with Gasteiger partial charge in [-0.25, -0.2) is 0 Å². The van der Waals surface area contributed by atoms with Crippen LogP contribution in [0.4, 0.5) is 0 Å². The van der Waals surface area contributed by atoms with Crippen LogP contribution in [0.3, 0.4) is 0 Å². The summed E-state index contributed by atoms with van der Waals surface area (Å²) in [5.41, 5.74) is 5.08. The summed E-state index contributed by atoms with van der Waals surface area (Å²) in [5, 5.41) is 0.688. The maximum absolute atomic E-state index is 2.60. The normalized spacial score (nSPS) is 46.6. The van der Waals surface area contributed by atoms with Gasteiger partial charge in [-0.3, -0.25) is 0 Å². The predicted molar refractivity (Wildman–Crippen MR) is 89.8 cm³/mol. The highest BCUT2D eigenvalue weighted by Gasteiger charge is 2.51. The SMILES string of the molecule is CC1CCCC2=C1CC1CCCP3C1C2CCC3(C)C. The van der Waals surface area contributed by atoms with Crippen molar-refractivity contribution < 1.29 is 0 Å². The molecule has 4 aliphatic rings. The van der Waals surface area contributed by atoms with Crippen molar-refractivity contribution in [3.63, 3.8) is 0 Å². The van der Waals surface area contributed by atoms with Gasteiger partial charge in [0.25, 0.3) is 0 Å². The van der Waals surface area contributed by atoms with E-state index in [9.17, 15) is 0 Å². The first kappa shape index (κ1) is 13.8. The second-order valence-corrected chi connectivity index (χ2v) is 11.8. The van der Waals surface area contributed by atoms with Crippen molar-refractivity contribution in [1.29, 1.82) is 0 Å². The zero-order chi connectivity index (χ0) is 13.9. The summed E-state index contributed by atoms with van der Waals surface area (Å²) in [6, 6.07) is 0. The molecule has 2 aliphatic carbocycles. The molecule has 0 radical (unpaired) electrons. The van der Waals surface area contributed by atoms with E-state index in [2.05, 4.69) is 20.8 Å². The quantitative estimate of drug-likeness (QED) is 0.381. The van der Waals surface area contributed by atoms with Gasteiger partial charge in [0.15, 0.2) is 0 Å². The van der Waals surface area contributed by atoms with Crippen LogP contribution in [0.2, 0.25) is 0 Å². The van der Waals surface area contributed by atoms with Crippen molar-refractivity contribution in [1.82, 2.24) is 0 Å². The van der Waals surface area contributed by atoms with Crippen LogP contribution >= 0.6 is 7.92 Å². The highest BCUT2D eigenvalue weighted by atomic mass is 31.1. The summed E-state index contributed by atoms with van der Waals surface area (Å²) in [6.45, 7) is 7.72. The third-order valence-electron chi connectivity index (χ3n) is 7.09. The predicted octanol–water partition coefficient (Wildman–Crippen LogP) is 5.96. The molecule has 0 aromatic heterocycles. The Morgan fingerprint density at radius 3 is 2.75 bits per heavy atom. The minimum Gasteiger partial charge on any atom is -0.0968 e. The smallest absolute Gasteiger partial charge is 0.0107 e. The number of hydrogen-bond acceptors (Lipinski definition) is 0. The van der Waals surface area contributed by atoms with Crippen LogP contribution in [0.25, 0.3) is 0 Å². The van der Waals surface area contributed by atoms with Gasteiger partial charge in [-0.05, 0) is 86.1 Å². The molecule has 0 nitrogen and oxygen atoms in total. The van der Waals surface area contributed by atoms with E-state index >= 15 is 0 Å². The van der Waals surface area contributed by atoms with E-state index in [1.165, 1.54) is 38.5 Å². The zero-order valence-corrected chi connectivity index (χ0v) is 14.5. The molecule has 2 fully saturated rings. The summed E-state index contributed by atoms with van der Waals surface area (Å²) < 4.78 is 0. The number of rotatable bonds is 0. The van der Waals surface area contributed by atoms with Gasteiger partial charge in [-0.15, -0.1) is 0 Å². The standard InChI is InChI=1S/C19H31P/c1-13-6-4-8-15-16-9-10-19(2,3)20-11-5-7-14(18(16)20)12-17(13)15/h13-14,16,18H,4-12H2,1-3H3. The molecular weight excluding hydrogens is 259 g/mol. The lowest BCUT2D eigenvalue weighted by atomic mass is 9.65. The Morgan fingerprint density at radius 1 is 1.05 bits per heavy atom. The van der Waals surface area contributed by atoms with Gasteiger partial charge in [0.1, 0.15) is 0 Å². The van der Waals surface area contributed by atoms with Crippen LogP contribution in [0.5, 0.6) is 0 Å². The number of allylic oxidation sites excluding steroid dienone is 2. The molecule has 2 heterocycles. The summed E-state index contributed by atoms with van der Waals surface area (Å²) in [7, 11) is 0.297. The molecule has 5 atom stereocenters. The second-order valence-electron chi connectivity index (χ2n) is 8.59. The molecule has 4 rings (SSSR count). The third-order valence-corrected chi connectivity index (χ3v) is 11.2. The highest BCUT2D eigenvalue weighted by molar-refractivity contribution is 7.60. The molecule has 0 aromatic rings. The van der Waals surface area contributed by atoms with Crippen LogP contribution in [-0.4, -0.2) is 17.0 Å². The Balaban J connectivity index is 1.74. The van der Waals surface area contributed by atoms with Gasteiger partial charge in [-0.1, -0.05) is 39.8 Å². The largest absolute Gasteiger partial charge is 0.0968 e. The molecule has 112 valence electrons. The molecule has 0 aromatic carbocycles. The van der Waals surface area contributed by atoms with E-state index < -0.39 is 0 Å². The van der Waals surface area contributed by atoms with Gasteiger partial charge in [0.05, 0.1) is 0 Å². The average molecular weight is 290 g/mol. The molecule has 5 unspecified atom stereocenters. The van der Waals surface area contributed by atoms with Crippen LogP contribution in [0.15, 0.2) is 11.1 Å². The fourth-order valence-electron chi connectivity index (χ4n) is 6.06. The average Bonchev–Trinajstić information content (AvgIpc) is 2.43. The summed E-state index contributed by atoms with van der Waals surface area (Å²) in [6.07, 6.45) is 13.7. The first-order chi connectivity index (χ1) is 9.58. The van der Waals surface area contributed by atoms with E-state index in [0.29, 0.717) is 13.1 Å². The topological polar surface area (TPSA) is 0 Å². The van der Waals surface area contributed by atoms with Crippen LogP contribution in [-0.2, 0) is 0 Å². The van der Waals surface area contributed by atoms with Crippen molar-refractivity contribution in [2.24, 2.45) is 17.8 Å². The van der Waals surface area contributed by atoms with E-state index in [0.717, 1.165) is 23.4 Å². The third kappa shape index (κ3) is 1.97. The molecule has 1 heteroatoms. The first-order valence-corrected chi connectivity index (χ1v) is 10.7. The van der Waals surface area contributed by atoms with Gasteiger partial charge in [-0.2, -0.15) is 0 Å². The Morgan fingerprint density at radius 2 is 1.90 bits per heavy atom. The Bertz CT molecular complexity index is 433. The zero-order valence-electron chi connectivity index (χ0n) is 13.6. The van der Waals surface area contributed by atoms with Gasteiger partial charge in [0.2, 0.25) is 0 Å². The summed E-state index contributed by atoms with van der Waals surface area (Å²) >= 11 is 0. The van der Waals surface area contributed by atoms with Gasteiger partial charge in [0, 0.05) is 0 Å². The highest BCUT2D eigenvalue weighted by Crippen LogP contribution is 2.70. The van der Waals surface area contributed by atoms with Crippen LogP contribution < -0.4 is 0 Å². The Kier molecular flexibility index (Phi) is 3.34. The molecule has 0 amide bonds. The monoisotopic (exact) mass is 290 g/mol. The lowest BCUT2D eigenvalue weighted by molar-refractivity contribution is 0.270. The molecule has 2 aliphatic heterocycles. The fourth-order valence-corrected chi connectivity index (χ4v) is 10.2. The molecule has 0 saturated carbocycles. The van der Waals surface area contributed by atoms with Crippen LogP contribution in [0, 0.1) is 17.8 Å². The second kappa shape index (κ2) is 4.84. The summed E-state index contributed by atoms with van der Waals surface area (Å²) in [5.74, 6) is 3.03. The van der Waals surface area contributed by atoms with E-state index in [1.807, 2.05) is 11.1 Å². The first-order valence-electron chi connectivity index (χ1n) is 9.06. The molecule has 2 saturated heterocycles. The lowest BCUT2D eigenvalue weighted by Crippen LogP contribution is -2.46. The lowest BCUT2D eigenvalue weighted by Gasteiger charge is -2.58. The minimum atomic E-state index is 0.297. The number of fused-ring (bicyclic) bond motifs is 1. The van der Waals surface area contributed by atoms with Crippen molar-refractivity contribution in [2.45, 2.75) is 83.0 Å². The van der Waals surface area contributed by atoms with Crippen molar-refractivity contribution in [2.75, 3.05) is 6.16 Å². The molecule has 0 bridgehead atoms. The van der Waals surface area contributed by atoms with E-state index in [-0.39, 0.29) is 0 Å². The maximum atomic E-state index is 2.60. The summed E-state index contributed by atoms with van der Waals surface area (Å²) in [4.78, 5) is 0. The van der Waals surface area contributed by atoms with Crippen molar-refractivity contribution >= 4 is 7.92 Å². The minimum absolute atomic E-state index is 0.297. The van der Waals surface area contributed by atoms with Crippen molar-refractivity contribution in [3.05, 3.63) is 11.1 Å². The molecule has 0 spiro atoms. The Hall–Kier alpha value is 0.170. The number of hydrogen-bond donors (Lipinski definition) is 0. The maximum Gasteiger partial charge on any atom is -0.0107 e. The molecule has 0 N–H and O–H groups in total.